The summed E-state index contributed by atoms with van der Waals surface area (Å²) in [6.45, 7) is 4.47. The highest BCUT2D eigenvalue weighted by molar-refractivity contribution is 5.18. The summed E-state index contributed by atoms with van der Waals surface area (Å²) < 4.78 is 5.31. The van der Waals surface area contributed by atoms with E-state index < -0.39 is 0 Å². The van der Waals surface area contributed by atoms with Gasteiger partial charge in [0.15, 0.2) is 5.82 Å². The van der Waals surface area contributed by atoms with Gasteiger partial charge in [-0.25, -0.2) is 0 Å². The van der Waals surface area contributed by atoms with Crippen LogP contribution in [0.1, 0.15) is 37.0 Å². The number of hydrogen-bond acceptors (Lipinski definition) is 5. The first-order valence-electron chi connectivity index (χ1n) is 7.50. The standard InChI is InChI=1S/C16H23N3O2/c1-2-3-9-19(10-11-20)13-16-17-15(18-21-16)12-14-7-5-4-6-8-14/h4-8,20H,2-3,9-13H2,1H3. The van der Waals surface area contributed by atoms with Crippen molar-refractivity contribution in [2.75, 3.05) is 19.7 Å². The van der Waals surface area contributed by atoms with Gasteiger partial charge in [0.25, 0.3) is 0 Å². The van der Waals surface area contributed by atoms with Gasteiger partial charge in [-0.2, -0.15) is 4.98 Å². The van der Waals surface area contributed by atoms with Crippen LogP contribution in [0.2, 0.25) is 0 Å². The van der Waals surface area contributed by atoms with Crippen molar-refractivity contribution in [3.05, 3.63) is 47.6 Å². The van der Waals surface area contributed by atoms with Crippen molar-refractivity contribution in [2.24, 2.45) is 0 Å². The lowest BCUT2D eigenvalue weighted by Crippen LogP contribution is -2.27. The first-order valence-corrected chi connectivity index (χ1v) is 7.50. The van der Waals surface area contributed by atoms with E-state index in [4.69, 9.17) is 9.63 Å². The molecule has 5 nitrogen and oxygen atoms in total. The van der Waals surface area contributed by atoms with Crippen molar-refractivity contribution < 1.29 is 9.63 Å². The Hall–Kier alpha value is -1.72. The number of aromatic nitrogens is 2. The summed E-state index contributed by atoms with van der Waals surface area (Å²) in [5, 5.41) is 13.1. The Morgan fingerprint density at radius 2 is 2.00 bits per heavy atom. The summed E-state index contributed by atoms with van der Waals surface area (Å²) >= 11 is 0. The minimum absolute atomic E-state index is 0.148. The van der Waals surface area contributed by atoms with Gasteiger partial charge in [-0.1, -0.05) is 48.8 Å². The van der Waals surface area contributed by atoms with Crippen molar-refractivity contribution in [3.8, 4) is 0 Å². The second-order valence-electron chi connectivity index (χ2n) is 5.12. The van der Waals surface area contributed by atoms with Gasteiger partial charge in [-0.3, -0.25) is 4.90 Å². The SMILES string of the molecule is CCCCN(CCO)Cc1nc(Cc2ccccc2)no1. The fourth-order valence-electron chi connectivity index (χ4n) is 2.19. The molecule has 0 aliphatic rings. The molecule has 1 aromatic carbocycles. The first-order chi connectivity index (χ1) is 10.3. The van der Waals surface area contributed by atoms with E-state index in [9.17, 15) is 0 Å². The maximum atomic E-state index is 9.11. The molecule has 0 aliphatic heterocycles. The van der Waals surface area contributed by atoms with Gasteiger partial charge in [-0.05, 0) is 18.5 Å². The molecule has 0 unspecified atom stereocenters. The van der Waals surface area contributed by atoms with Crippen LogP contribution in [0.4, 0.5) is 0 Å². The molecule has 114 valence electrons. The van der Waals surface area contributed by atoms with Crippen molar-refractivity contribution in [1.82, 2.24) is 15.0 Å². The topological polar surface area (TPSA) is 62.4 Å². The summed E-state index contributed by atoms with van der Waals surface area (Å²) in [5.41, 5.74) is 1.17. The van der Waals surface area contributed by atoms with Crippen LogP contribution >= 0.6 is 0 Å². The van der Waals surface area contributed by atoms with Crippen LogP contribution in [-0.2, 0) is 13.0 Å². The Balaban J connectivity index is 1.92. The van der Waals surface area contributed by atoms with E-state index in [1.807, 2.05) is 18.2 Å². The minimum Gasteiger partial charge on any atom is -0.395 e. The molecule has 0 bridgehead atoms. The van der Waals surface area contributed by atoms with Gasteiger partial charge < -0.3 is 9.63 Å². The Kier molecular flexibility index (Phi) is 6.37. The van der Waals surface area contributed by atoms with E-state index in [2.05, 4.69) is 34.1 Å². The number of hydrogen-bond donors (Lipinski definition) is 1. The normalized spacial score (nSPS) is 11.2. The van der Waals surface area contributed by atoms with Crippen LogP contribution in [-0.4, -0.2) is 39.8 Å². The highest BCUT2D eigenvalue weighted by Crippen LogP contribution is 2.08. The Bertz CT molecular complexity index is 513. The van der Waals surface area contributed by atoms with Crippen LogP contribution in [0.3, 0.4) is 0 Å². The summed E-state index contributed by atoms with van der Waals surface area (Å²) in [6, 6.07) is 10.1. The summed E-state index contributed by atoms with van der Waals surface area (Å²) in [4.78, 5) is 6.58. The van der Waals surface area contributed by atoms with Gasteiger partial charge in [0, 0.05) is 13.0 Å². The molecule has 0 aliphatic carbocycles. The van der Waals surface area contributed by atoms with E-state index in [-0.39, 0.29) is 6.61 Å². The molecule has 0 radical (unpaired) electrons. The molecule has 0 amide bonds. The van der Waals surface area contributed by atoms with Crippen molar-refractivity contribution >= 4 is 0 Å². The fourth-order valence-corrected chi connectivity index (χ4v) is 2.19. The third-order valence-electron chi connectivity index (χ3n) is 3.32. The van der Waals surface area contributed by atoms with Gasteiger partial charge in [0.1, 0.15) is 0 Å². The van der Waals surface area contributed by atoms with Crippen LogP contribution in [0.15, 0.2) is 34.9 Å². The summed E-state index contributed by atoms with van der Waals surface area (Å²) in [5.74, 6) is 1.32. The molecule has 0 saturated carbocycles. The average Bonchev–Trinajstić information content (AvgIpc) is 2.93. The van der Waals surface area contributed by atoms with Crippen molar-refractivity contribution in [3.63, 3.8) is 0 Å². The van der Waals surface area contributed by atoms with Gasteiger partial charge in [0.05, 0.1) is 13.2 Å². The fraction of sp³-hybridized carbons (Fsp3) is 0.500. The Labute approximate surface area is 125 Å². The van der Waals surface area contributed by atoms with E-state index in [0.29, 0.717) is 31.2 Å². The zero-order valence-electron chi connectivity index (χ0n) is 12.5. The van der Waals surface area contributed by atoms with Crippen LogP contribution in [0, 0.1) is 0 Å². The molecule has 2 aromatic rings. The smallest absolute Gasteiger partial charge is 0.240 e. The third kappa shape index (κ3) is 5.28. The van der Waals surface area contributed by atoms with Gasteiger partial charge in [-0.15, -0.1) is 0 Å². The van der Waals surface area contributed by atoms with E-state index in [1.54, 1.807) is 0 Å². The molecule has 21 heavy (non-hydrogen) atoms. The number of nitrogens with zero attached hydrogens (tertiary/aromatic N) is 3. The number of benzene rings is 1. The number of aliphatic hydroxyl groups excluding tert-OH is 1. The van der Waals surface area contributed by atoms with E-state index in [1.165, 1.54) is 5.56 Å². The molecule has 0 spiro atoms. The lowest BCUT2D eigenvalue weighted by Gasteiger charge is -2.18. The highest BCUT2D eigenvalue weighted by Gasteiger charge is 2.11. The lowest BCUT2D eigenvalue weighted by molar-refractivity contribution is 0.172. The van der Waals surface area contributed by atoms with Crippen molar-refractivity contribution in [2.45, 2.75) is 32.7 Å². The molecule has 5 heteroatoms. The summed E-state index contributed by atoms with van der Waals surface area (Å²) in [7, 11) is 0. The molecule has 0 fully saturated rings. The number of rotatable bonds is 9. The van der Waals surface area contributed by atoms with Gasteiger partial charge >= 0.3 is 0 Å². The molecule has 1 heterocycles. The third-order valence-corrected chi connectivity index (χ3v) is 3.32. The van der Waals surface area contributed by atoms with E-state index in [0.717, 1.165) is 19.4 Å². The van der Waals surface area contributed by atoms with Crippen LogP contribution in [0.25, 0.3) is 0 Å². The molecule has 0 atom stereocenters. The summed E-state index contributed by atoms with van der Waals surface area (Å²) in [6.07, 6.45) is 2.91. The average molecular weight is 289 g/mol. The predicted octanol–water partition coefficient (Wildman–Crippen LogP) is 2.25. The highest BCUT2D eigenvalue weighted by atomic mass is 16.5. The number of aliphatic hydroxyl groups is 1. The molecular formula is C16H23N3O2. The van der Waals surface area contributed by atoms with E-state index >= 15 is 0 Å². The lowest BCUT2D eigenvalue weighted by atomic mass is 10.1. The second kappa shape index (κ2) is 8.54. The molecule has 2 rings (SSSR count). The molecule has 0 saturated heterocycles. The zero-order chi connectivity index (χ0) is 14.9. The minimum atomic E-state index is 0.148. The maximum Gasteiger partial charge on any atom is 0.240 e. The first kappa shape index (κ1) is 15.7. The molecular weight excluding hydrogens is 266 g/mol. The van der Waals surface area contributed by atoms with Crippen LogP contribution < -0.4 is 0 Å². The van der Waals surface area contributed by atoms with Gasteiger partial charge in [0.2, 0.25) is 5.89 Å². The Morgan fingerprint density at radius 3 is 2.71 bits per heavy atom. The van der Waals surface area contributed by atoms with Crippen LogP contribution in [0.5, 0.6) is 0 Å². The predicted molar refractivity (Wildman–Crippen MR) is 80.8 cm³/mol. The quantitative estimate of drug-likeness (QED) is 0.767. The monoisotopic (exact) mass is 289 g/mol. The molecule has 1 aromatic heterocycles. The Morgan fingerprint density at radius 1 is 1.19 bits per heavy atom. The maximum absolute atomic E-state index is 9.11. The number of unbranched alkanes of at least 4 members (excludes halogenated alkanes) is 1. The largest absolute Gasteiger partial charge is 0.395 e. The second-order valence-corrected chi connectivity index (χ2v) is 5.12. The molecule has 1 N–H and O–H groups in total. The van der Waals surface area contributed by atoms with Crippen molar-refractivity contribution in [1.29, 1.82) is 0 Å². The zero-order valence-corrected chi connectivity index (χ0v) is 12.5.